The number of carbonyl (C=O) groups excluding carboxylic acids is 1. The van der Waals surface area contributed by atoms with E-state index in [2.05, 4.69) is 15.0 Å². The number of aromatic nitrogens is 3. The second-order valence-electron chi connectivity index (χ2n) is 5.04. The molecule has 1 atom stereocenters. The van der Waals surface area contributed by atoms with E-state index in [0.29, 0.717) is 4.88 Å². The van der Waals surface area contributed by atoms with E-state index in [0.717, 1.165) is 37.3 Å². The predicted octanol–water partition coefficient (Wildman–Crippen LogP) is 2.26. The van der Waals surface area contributed by atoms with E-state index in [1.54, 1.807) is 17.9 Å². The number of likely N-dealkylation sites (tertiary alicyclic amines) is 1. The highest BCUT2D eigenvalue weighted by Crippen LogP contribution is 2.26. The second kappa shape index (κ2) is 5.66. The number of piperidine rings is 1. The Bertz CT molecular complexity index is 599. The summed E-state index contributed by atoms with van der Waals surface area (Å²) in [6, 6.07) is 0. The van der Waals surface area contributed by atoms with Crippen LogP contribution in [0.5, 0.6) is 0 Å². The Morgan fingerprint density at radius 1 is 1.35 bits per heavy atom. The Balaban J connectivity index is 1.75. The summed E-state index contributed by atoms with van der Waals surface area (Å²) in [6.07, 6.45) is 7.28. The predicted molar refractivity (Wildman–Crippen MR) is 76.8 cm³/mol. The van der Waals surface area contributed by atoms with Gasteiger partial charge in [0, 0.05) is 31.4 Å². The summed E-state index contributed by atoms with van der Waals surface area (Å²) >= 11 is 1.39. The Kier molecular flexibility index (Phi) is 3.73. The molecule has 1 fully saturated rings. The lowest BCUT2D eigenvalue weighted by molar-refractivity contribution is 0.0710. The van der Waals surface area contributed by atoms with Crippen molar-refractivity contribution in [1.29, 1.82) is 0 Å². The molecule has 104 valence electrons. The fourth-order valence-electron chi connectivity index (χ4n) is 2.56. The van der Waals surface area contributed by atoms with Crippen LogP contribution in [-0.4, -0.2) is 38.8 Å². The van der Waals surface area contributed by atoms with E-state index in [4.69, 9.17) is 0 Å². The number of nitrogens with zero attached hydrogens (tertiary/aromatic N) is 4. The molecule has 0 bridgehead atoms. The largest absolute Gasteiger partial charge is 0.337 e. The number of thiazole rings is 1. The molecule has 0 radical (unpaired) electrons. The third kappa shape index (κ3) is 2.70. The van der Waals surface area contributed by atoms with Crippen LogP contribution in [0.15, 0.2) is 24.1 Å². The molecular formula is C14H16N4OS. The molecule has 1 saturated heterocycles. The minimum atomic E-state index is 0.0813. The third-order valence-corrected chi connectivity index (χ3v) is 4.30. The molecule has 2 aromatic rings. The van der Waals surface area contributed by atoms with Crippen LogP contribution in [0.2, 0.25) is 0 Å². The highest BCUT2D eigenvalue weighted by Gasteiger charge is 2.27. The van der Waals surface area contributed by atoms with Gasteiger partial charge in [-0.25, -0.2) is 0 Å². The topological polar surface area (TPSA) is 59.0 Å². The summed E-state index contributed by atoms with van der Waals surface area (Å²) < 4.78 is 0. The van der Waals surface area contributed by atoms with Gasteiger partial charge in [-0.3, -0.25) is 19.7 Å². The average Bonchev–Trinajstić information content (AvgIpc) is 3.01. The summed E-state index contributed by atoms with van der Waals surface area (Å²) in [6.45, 7) is 3.47. The van der Waals surface area contributed by atoms with Crippen molar-refractivity contribution in [2.45, 2.75) is 25.7 Å². The number of rotatable bonds is 2. The minimum absolute atomic E-state index is 0.0813. The Labute approximate surface area is 121 Å². The van der Waals surface area contributed by atoms with Crippen LogP contribution in [0.1, 0.15) is 39.8 Å². The quantitative estimate of drug-likeness (QED) is 0.850. The molecule has 3 rings (SSSR count). The first-order valence-corrected chi connectivity index (χ1v) is 7.58. The van der Waals surface area contributed by atoms with Crippen LogP contribution in [0.3, 0.4) is 0 Å². The molecule has 0 aromatic carbocycles. The fraction of sp³-hybridized carbons (Fsp3) is 0.429. The van der Waals surface area contributed by atoms with Crippen LogP contribution >= 0.6 is 11.3 Å². The lowest BCUT2D eigenvalue weighted by Crippen LogP contribution is -2.39. The number of hydrogen-bond donors (Lipinski definition) is 0. The van der Waals surface area contributed by atoms with Crippen molar-refractivity contribution < 1.29 is 4.79 Å². The van der Waals surface area contributed by atoms with Gasteiger partial charge in [0.05, 0.1) is 23.1 Å². The third-order valence-electron chi connectivity index (χ3n) is 3.54. The highest BCUT2D eigenvalue weighted by atomic mass is 32.1. The summed E-state index contributed by atoms with van der Waals surface area (Å²) in [5.41, 5.74) is 3.61. The van der Waals surface area contributed by atoms with Crippen molar-refractivity contribution in [1.82, 2.24) is 19.9 Å². The van der Waals surface area contributed by atoms with E-state index in [9.17, 15) is 4.79 Å². The summed E-state index contributed by atoms with van der Waals surface area (Å²) in [5, 5.41) is 0. The fourth-order valence-corrected chi connectivity index (χ4v) is 3.15. The monoisotopic (exact) mass is 288 g/mol. The van der Waals surface area contributed by atoms with Crippen molar-refractivity contribution in [3.8, 4) is 0 Å². The van der Waals surface area contributed by atoms with Gasteiger partial charge >= 0.3 is 0 Å². The first-order valence-electron chi connectivity index (χ1n) is 6.70. The number of hydrogen-bond acceptors (Lipinski definition) is 5. The summed E-state index contributed by atoms with van der Waals surface area (Å²) in [4.78, 5) is 27.7. The maximum Gasteiger partial charge on any atom is 0.265 e. The molecule has 0 saturated carbocycles. The zero-order valence-electron chi connectivity index (χ0n) is 11.3. The van der Waals surface area contributed by atoms with Crippen LogP contribution in [-0.2, 0) is 0 Å². The lowest BCUT2D eigenvalue weighted by Gasteiger charge is -2.32. The maximum atomic E-state index is 12.4. The minimum Gasteiger partial charge on any atom is -0.337 e. The number of aryl methyl sites for hydroxylation is 1. The second-order valence-corrected chi connectivity index (χ2v) is 5.93. The van der Waals surface area contributed by atoms with Gasteiger partial charge in [0.2, 0.25) is 0 Å². The molecule has 1 aliphatic rings. The van der Waals surface area contributed by atoms with E-state index in [1.165, 1.54) is 11.3 Å². The van der Waals surface area contributed by atoms with Crippen molar-refractivity contribution in [2.75, 3.05) is 13.1 Å². The van der Waals surface area contributed by atoms with Crippen LogP contribution in [0.25, 0.3) is 0 Å². The molecule has 1 aliphatic heterocycles. The normalized spacial score (nSPS) is 19.1. The molecule has 0 spiro atoms. The van der Waals surface area contributed by atoms with Crippen molar-refractivity contribution in [3.63, 3.8) is 0 Å². The number of carbonyl (C=O) groups is 1. The average molecular weight is 288 g/mol. The molecule has 2 aromatic heterocycles. The van der Waals surface area contributed by atoms with Crippen molar-refractivity contribution in [3.05, 3.63) is 40.4 Å². The van der Waals surface area contributed by atoms with E-state index in [1.807, 2.05) is 18.0 Å². The SMILES string of the molecule is Cc1cncc([C@@H]2CCCN(C(=O)c3cncs3)C2)n1. The maximum absolute atomic E-state index is 12.4. The lowest BCUT2D eigenvalue weighted by atomic mass is 9.95. The molecule has 0 N–H and O–H groups in total. The highest BCUT2D eigenvalue weighted by molar-refractivity contribution is 7.11. The van der Waals surface area contributed by atoms with Gasteiger partial charge < -0.3 is 4.90 Å². The van der Waals surface area contributed by atoms with Gasteiger partial charge in [-0.05, 0) is 19.8 Å². The molecule has 3 heterocycles. The molecule has 1 amide bonds. The van der Waals surface area contributed by atoms with Crippen molar-refractivity contribution in [2.24, 2.45) is 0 Å². The van der Waals surface area contributed by atoms with Gasteiger partial charge in [0.1, 0.15) is 4.88 Å². The van der Waals surface area contributed by atoms with Crippen LogP contribution in [0.4, 0.5) is 0 Å². The van der Waals surface area contributed by atoms with Crippen molar-refractivity contribution >= 4 is 17.2 Å². The van der Waals surface area contributed by atoms with E-state index >= 15 is 0 Å². The van der Waals surface area contributed by atoms with E-state index < -0.39 is 0 Å². The molecular weight excluding hydrogens is 272 g/mol. The molecule has 20 heavy (non-hydrogen) atoms. The van der Waals surface area contributed by atoms with Gasteiger partial charge in [0.25, 0.3) is 5.91 Å². The first kappa shape index (κ1) is 13.2. The van der Waals surface area contributed by atoms with Crippen LogP contribution in [0, 0.1) is 6.92 Å². The van der Waals surface area contributed by atoms with Crippen LogP contribution < -0.4 is 0 Å². The molecule has 5 nitrogen and oxygen atoms in total. The summed E-state index contributed by atoms with van der Waals surface area (Å²) in [7, 11) is 0. The smallest absolute Gasteiger partial charge is 0.265 e. The summed E-state index contributed by atoms with van der Waals surface area (Å²) in [5.74, 6) is 0.367. The van der Waals surface area contributed by atoms with Gasteiger partial charge in [-0.1, -0.05) is 0 Å². The molecule has 6 heteroatoms. The molecule has 0 unspecified atom stereocenters. The Morgan fingerprint density at radius 3 is 3.00 bits per heavy atom. The molecule has 0 aliphatic carbocycles. The van der Waals surface area contributed by atoms with E-state index in [-0.39, 0.29) is 11.8 Å². The van der Waals surface area contributed by atoms with Gasteiger partial charge in [-0.2, -0.15) is 0 Å². The zero-order chi connectivity index (χ0) is 13.9. The van der Waals surface area contributed by atoms with Gasteiger partial charge in [-0.15, -0.1) is 11.3 Å². The van der Waals surface area contributed by atoms with Gasteiger partial charge in [0.15, 0.2) is 0 Å². The zero-order valence-corrected chi connectivity index (χ0v) is 12.1. The number of amides is 1. The first-order chi connectivity index (χ1) is 9.74. The Hall–Kier alpha value is -1.82. The standard InChI is InChI=1S/C14H16N4OS/c1-10-5-15-6-12(17-10)11-3-2-4-18(8-11)14(19)13-7-16-9-20-13/h5-7,9,11H,2-4,8H2,1H3/t11-/m1/s1. The Morgan fingerprint density at radius 2 is 2.25 bits per heavy atom.